The summed E-state index contributed by atoms with van der Waals surface area (Å²) in [5, 5.41) is 15.9. The Morgan fingerprint density at radius 2 is 0.922 bits per heavy atom. The average molecular weight is 887 g/mol. The van der Waals surface area contributed by atoms with Crippen LogP contribution in [0.25, 0.3) is 21.8 Å². The Balaban J connectivity index is 0.000000241. The number of fused-ring (bicyclic) bond motifs is 2. The van der Waals surface area contributed by atoms with Crippen LogP contribution in [0.4, 0.5) is 61.3 Å². The Kier molecular flexibility index (Phi) is 14.7. The quantitative estimate of drug-likeness (QED) is 0.0737. The van der Waals surface area contributed by atoms with Gasteiger partial charge in [-0.3, -0.25) is 9.59 Å². The van der Waals surface area contributed by atoms with Gasteiger partial charge in [-0.15, -0.1) is 0 Å². The van der Waals surface area contributed by atoms with E-state index >= 15 is 8.78 Å². The zero-order chi connectivity index (χ0) is 47.3. The van der Waals surface area contributed by atoms with Gasteiger partial charge in [-0.05, 0) is 97.2 Å². The normalized spacial score (nSPS) is 11.5. The van der Waals surface area contributed by atoms with Crippen molar-refractivity contribution >= 4 is 68.0 Å². The number of aromatic nitrogens is 4. The molecule has 6 N–H and O–H groups in total. The number of hydrogen-bond acceptors (Lipinski definition) is 8. The lowest BCUT2D eigenvalue weighted by Gasteiger charge is -2.18. The van der Waals surface area contributed by atoms with Crippen molar-refractivity contribution in [3.8, 4) is 0 Å². The summed E-state index contributed by atoms with van der Waals surface area (Å²) in [6.07, 6.45) is 4.18. The first-order valence-electron chi connectivity index (χ1n) is 20.4. The van der Waals surface area contributed by atoms with Gasteiger partial charge < -0.3 is 41.0 Å². The maximum atomic E-state index is 15.1. The van der Waals surface area contributed by atoms with Crippen LogP contribution < -0.4 is 43.0 Å². The molecule has 4 amide bonds. The highest BCUT2D eigenvalue weighted by Crippen LogP contribution is 2.32. The standard InChI is InChI=1S/2C23H27F2N5O2/c2*1-13-10-14(24)18(29-22(32)26-9-8-23(2,3)4)11-17(13)28-16-7-6-15-19(20(16)25)21(31)30(5)12-27-15/h2*6-7,10-12,28H,8-9H2,1-5H3,(H2,26,29,32). The third-order valence-corrected chi connectivity index (χ3v) is 10.0. The minimum absolute atomic E-state index is 0.0397. The summed E-state index contributed by atoms with van der Waals surface area (Å²) in [6.45, 7) is 16.5. The topological polar surface area (TPSA) is 176 Å². The molecule has 18 heteroatoms. The molecule has 0 aliphatic rings. The highest BCUT2D eigenvalue weighted by Gasteiger charge is 2.19. The summed E-state index contributed by atoms with van der Waals surface area (Å²) in [4.78, 5) is 57.1. The van der Waals surface area contributed by atoms with Crippen LogP contribution >= 0.6 is 0 Å². The molecular weight excluding hydrogens is 833 g/mol. The highest BCUT2D eigenvalue weighted by molar-refractivity contribution is 5.92. The first-order chi connectivity index (χ1) is 29.9. The Bertz CT molecular complexity index is 2660. The van der Waals surface area contributed by atoms with E-state index < -0.39 is 46.4 Å². The molecule has 4 aromatic carbocycles. The second-order valence-corrected chi connectivity index (χ2v) is 17.9. The average Bonchev–Trinajstić information content (AvgIpc) is 3.19. The van der Waals surface area contributed by atoms with Crippen LogP contribution in [0.3, 0.4) is 0 Å². The first kappa shape index (κ1) is 48.1. The monoisotopic (exact) mass is 886 g/mol. The lowest BCUT2D eigenvalue weighted by molar-refractivity contribution is 0.249. The minimum Gasteiger partial charge on any atom is -0.353 e. The fourth-order valence-corrected chi connectivity index (χ4v) is 6.23. The lowest BCUT2D eigenvalue weighted by Crippen LogP contribution is -2.31. The van der Waals surface area contributed by atoms with Crippen molar-refractivity contribution < 1.29 is 27.2 Å². The summed E-state index contributed by atoms with van der Waals surface area (Å²) < 4.78 is 61.4. The molecule has 0 radical (unpaired) electrons. The Hall–Kier alpha value is -6.98. The molecule has 0 aliphatic heterocycles. The summed E-state index contributed by atoms with van der Waals surface area (Å²) >= 11 is 0. The summed E-state index contributed by atoms with van der Waals surface area (Å²) in [7, 11) is 2.98. The number of halogens is 4. The number of hydrogen-bond donors (Lipinski definition) is 6. The smallest absolute Gasteiger partial charge is 0.319 e. The molecule has 0 saturated carbocycles. The predicted molar refractivity (Wildman–Crippen MR) is 245 cm³/mol. The Morgan fingerprint density at radius 3 is 1.27 bits per heavy atom. The van der Waals surface area contributed by atoms with Gasteiger partial charge in [0, 0.05) is 38.6 Å². The number of carbonyl (C=O) groups is 2. The number of rotatable bonds is 10. The molecule has 0 bridgehead atoms. The van der Waals surface area contributed by atoms with Crippen LogP contribution in [0.1, 0.15) is 65.5 Å². The van der Waals surface area contributed by atoms with Gasteiger partial charge in [-0.1, -0.05) is 41.5 Å². The lowest BCUT2D eigenvalue weighted by atomic mass is 9.92. The number of nitrogens with zero attached hydrogens (tertiary/aromatic N) is 4. The third kappa shape index (κ3) is 12.1. The molecule has 0 aliphatic carbocycles. The molecule has 6 aromatic rings. The van der Waals surface area contributed by atoms with E-state index in [1.807, 2.05) is 0 Å². The molecule has 14 nitrogen and oxygen atoms in total. The molecule has 64 heavy (non-hydrogen) atoms. The summed E-state index contributed by atoms with van der Waals surface area (Å²) in [5.74, 6) is -2.74. The van der Waals surface area contributed by atoms with Crippen molar-refractivity contribution in [3.63, 3.8) is 0 Å². The fourth-order valence-electron chi connectivity index (χ4n) is 6.23. The maximum absolute atomic E-state index is 15.1. The largest absolute Gasteiger partial charge is 0.353 e. The number of aryl methyl sites for hydroxylation is 4. The van der Waals surface area contributed by atoms with Crippen molar-refractivity contribution in [3.05, 3.63) is 116 Å². The summed E-state index contributed by atoms with van der Waals surface area (Å²) in [6, 6.07) is 10.2. The summed E-state index contributed by atoms with van der Waals surface area (Å²) in [5.41, 5.74) is 1.31. The van der Waals surface area contributed by atoms with Gasteiger partial charge in [0.1, 0.15) is 22.4 Å². The molecular formula is C46H54F4N10O4. The van der Waals surface area contributed by atoms with Crippen molar-refractivity contribution in [2.75, 3.05) is 34.4 Å². The van der Waals surface area contributed by atoms with E-state index in [2.05, 4.69) is 83.4 Å². The van der Waals surface area contributed by atoms with Gasteiger partial charge in [-0.25, -0.2) is 37.1 Å². The Labute approximate surface area is 367 Å². The molecule has 0 fully saturated rings. The SMILES string of the molecule is Cc1cc(F)c(NC(=O)NCCC(C)(C)C)cc1Nc1ccc2ncn(C)c(=O)c2c1F.Cc1cc(F)c(NC(=O)NCCC(C)(C)C)cc1Nc1ccc2ncn(C)c(=O)c2c1F. The van der Waals surface area contributed by atoms with Crippen LogP contribution in [0.2, 0.25) is 0 Å². The van der Waals surface area contributed by atoms with Crippen molar-refractivity contribution in [1.29, 1.82) is 0 Å². The van der Waals surface area contributed by atoms with E-state index in [-0.39, 0.29) is 55.4 Å². The van der Waals surface area contributed by atoms with Crippen molar-refractivity contribution in [1.82, 2.24) is 29.7 Å². The van der Waals surface area contributed by atoms with E-state index in [0.717, 1.165) is 12.8 Å². The third-order valence-electron chi connectivity index (χ3n) is 10.0. The van der Waals surface area contributed by atoms with E-state index in [0.29, 0.717) is 35.6 Å². The maximum Gasteiger partial charge on any atom is 0.319 e. The van der Waals surface area contributed by atoms with Crippen molar-refractivity contribution in [2.45, 2.75) is 68.2 Å². The van der Waals surface area contributed by atoms with Crippen LogP contribution in [0.5, 0.6) is 0 Å². The molecule has 6 rings (SSSR count). The van der Waals surface area contributed by atoms with E-state index in [1.165, 1.54) is 84.4 Å². The zero-order valence-electron chi connectivity index (χ0n) is 37.5. The molecule has 0 spiro atoms. The molecule has 2 aromatic heterocycles. The molecule has 0 unspecified atom stereocenters. The zero-order valence-corrected chi connectivity index (χ0v) is 37.5. The van der Waals surface area contributed by atoms with Crippen LogP contribution in [-0.4, -0.2) is 44.3 Å². The van der Waals surface area contributed by atoms with E-state index in [4.69, 9.17) is 0 Å². The number of anilines is 6. The molecule has 0 saturated heterocycles. The van der Waals surface area contributed by atoms with E-state index in [1.54, 1.807) is 13.8 Å². The van der Waals surface area contributed by atoms with Crippen molar-refractivity contribution in [2.24, 2.45) is 24.9 Å². The first-order valence-corrected chi connectivity index (χ1v) is 20.4. The van der Waals surface area contributed by atoms with Gasteiger partial charge in [0.05, 0.1) is 46.4 Å². The van der Waals surface area contributed by atoms with Crippen LogP contribution in [0, 0.1) is 47.9 Å². The van der Waals surface area contributed by atoms with Gasteiger partial charge in [0.15, 0.2) is 11.6 Å². The van der Waals surface area contributed by atoms with Gasteiger partial charge in [0.2, 0.25) is 0 Å². The van der Waals surface area contributed by atoms with Gasteiger partial charge >= 0.3 is 12.1 Å². The Morgan fingerprint density at radius 1 is 0.562 bits per heavy atom. The van der Waals surface area contributed by atoms with Gasteiger partial charge in [-0.2, -0.15) is 0 Å². The van der Waals surface area contributed by atoms with Crippen LogP contribution in [-0.2, 0) is 14.1 Å². The molecule has 0 atom stereocenters. The molecule has 340 valence electrons. The van der Waals surface area contributed by atoms with Crippen LogP contribution in [0.15, 0.2) is 70.8 Å². The highest BCUT2D eigenvalue weighted by atomic mass is 19.1. The number of nitrogens with one attached hydrogen (secondary N) is 6. The fraction of sp³-hybridized carbons (Fsp3) is 0.348. The van der Waals surface area contributed by atoms with Gasteiger partial charge in [0.25, 0.3) is 11.1 Å². The minimum atomic E-state index is -0.755. The number of benzene rings is 4. The number of carbonyl (C=O) groups excluding carboxylic acids is 2. The number of urea groups is 2. The van der Waals surface area contributed by atoms with E-state index in [9.17, 15) is 28.0 Å². The predicted octanol–water partition coefficient (Wildman–Crippen LogP) is 9.64. The number of amides is 4. The second-order valence-electron chi connectivity index (χ2n) is 17.9. The second kappa shape index (κ2) is 19.6. The molecule has 2 heterocycles.